The van der Waals surface area contributed by atoms with E-state index in [1.54, 1.807) is 17.5 Å². The van der Waals surface area contributed by atoms with Gasteiger partial charge in [0.15, 0.2) is 5.76 Å². The predicted molar refractivity (Wildman–Crippen MR) is 80.6 cm³/mol. The van der Waals surface area contributed by atoms with Crippen LogP contribution in [0.4, 0.5) is 0 Å². The van der Waals surface area contributed by atoms with Crippen molar-refractivity contribution in [1.29, 1.82) is 0 Å². The molecule has 1 aromatic carbocycles. The molecule has 0 saturated heterocycles. The van der Waals surface area contributed by atoms with Gasteiger partial charge in [0.2, 0.25) is 0 Å². The van der Waals surface area contributed by atoms with Crippen LogP contribution in [0.1, 0.15) is 16.0 Å². The molecule has 2 heterocycles. The standard InChI is InChI=1S/C16H13NO3S/c1-10-4-6-11(7-5-10)9-17-15(19)13(14(18)16(17)20)12-3-2-8-21-12/h2-8,18H,9H2,1H3. The minimum atomic E-state index is -0.635. The summed E-state index contributed by atoms with van der Waals surface area (Å²) in [5.41, 5.74) is 2.06. The van der Waals surface area contributed by atoms with Crippen molar-refractivity contribution >= 4 is 28.7 Å². The summed E-state index contributed by atoms with van der Waals surface area (Å²) in [7, 11) is 0. The number of carbonyl (C=O) groups excluding carboxylic acids is 2. The lowest BCUT2D eigenvalue weighted by Crippen LogP contribution is -2.31. The van der Waals surface area contributed by atoms with Gasteiger partial charge in [-0.05, 0) is 23.9 Å². The van der Waals surface area contributed by atoms with E-state index in [-0.39, 0.29) is 12.1 Å². The smallest absolute Gasteiger partial charge is 0.296 e. The van der Waals surface area contributed by atoms with Crippen LogP contribution in [0.25, 0.3) is 5.57 Å². The van der Waals surface area contributed by atoms with Gasteiger partial charge in [0.1, 0.15) is 5.57 Å². The van der Waals surface area contributed by atoms with Gasteiger partial charge in [-0.15, -0.1) is 11.3 Å². The summed E-state index contributed by atoms with van der Waals surface area (Å²) in [6.45, 7) is 2.13. The van der Waals surface area contributed by atoms with Crippen molar-refractivity contribution in [3.8, 4) is 0 Å². The molecular formula is C16H13NO3S. The molecule has 0 bridgehead atoms. The third-order valence-corrected chi connectivity index (χ3v) is 4.26. The quantitative estimate of drug-likeness (QED) is 0.887. The minimum Gasteiger partial charge on any atom is -0.502 e. The van der Waals surface area contributed by atoms with Crippen LogP contribution in [-0.2, 0) is 16.1 Å². The molecule has 0 fully saturated rings. The Morgan fingerprint density at radius 2 is 1.81 bits per heavy atom. The van der Waals surface area contributed by atoms with Gasteiger partial charge in [0, 0.05) is 4.88 Å². The van der Waals surface area contributed by atoms with Crippen molar-refractivity contribution in [3.05, 3.63) is 63.5 Å². The van der Waals surface area contributed by atoms with Gasteiger partial charge in [-0.2, -0.15) is 0 Å². The number of amides is 2. The summed E-state index contributed by atoms with van der Waals surface area (Å²) >= 11 is 1.32. The number of nitrogens with zero attached hydrogens (tertiary/aromatic N) is 1. The number of carbonyl (C=O) groups is 2. The first-order chi connectivity index (χ1) is 10.1. The molecule has 4 nitrogen and oxygen atoms in total. The molecule has 1 aliphatic heterocycles. The average molecular weight is 299 g/mol. The van der Waals surface area contributed by atoms with Gasteiger partial charge in [-0.1, -0.05) is 35.9 Å². The minimum absolute atomic E-state index is 0.0992. The molecular weight excluding hydrogens is 286 g/mol. The normalized spacial score (nSPS) is 15.2. The lowest BCUT2D eigenvalue weighted by molar-refractivity contribution is -0.138. The third-order valence-electron chi connectivity index (χ3n) is 3.37. The molecule has 1 aromatic heterocycles. The van der Waals surface area contributed by atoms with E-state index >= 15 is 0 Å². The first-order valence-electron chi connectivity index (χ1n) is 6.47. The summed E-state index contributed by atoms with van der Waals surface area (Å²) in [4.78, 5) is 26.2. The van der Waals surface area contributed by atoms with Crippen LogP contribution >= 0.6 is 11.3 Å². The molecule has 2 amide bonds. The third kappa shape index (κ3) is 2.36. The lowest BCUT2D eigenvalue weighted by Gasteiger charge is -2.14. The highest BCUT2D eigenvalue weighted by Crippen LogP contribution is 2.31. The fourth-order valence-corrected chi connectivity index (χ4v) is 2.99. The zero-order valence-corrected chi connectivity index (χ0v) is 12.2. The molecule has 106 valence electrons. The molecule has 0 spiro atoms. The maximum absolute atomic E-state index is 12.4. The molecule has 0 saturated carbocycles. The maximum atomic E-state index is 12.4. The van der Waals surface area contributed by atoms with Gasteiger partial charge in [-0.3, -0.25) is 14.5 Å². The fourth-order valence-electron chi connectivity index (χ4n) is 2.23. The summed E-state index contributed by atoms with van der Waals surface area (Å²) < 4.78 is 0. The number of benzene rings is 1. The number of imide groups is 1. The van der Waals surface area contributed by atoms with E-state index in [4.69, 9.17) is 0 Å². The van der Waals surface area contributed by atoms with Crippen LogP contribution in [0.3, 0.4) is 0 Å². The van der Waals surface area contributed by atoms with Crippen LogP contribution in [0.2, 0.25) is 0 Å². The Kier molecular flexibility index (Phi) is 3.35. The SMILES string of the molecule is Cc1ccc(CN2C(=O)C(O)=C(c3cccs3)C2=O)cc1. The van der Waals surface area contributed by atoms with E-state index in [0.717, 1.165) is 16.0 Å². The fraction of sp³-hybridized carbons (Fsp3) is 0.125. The monoisotopic (exact) mass is 299 g/mol. The number of hydrogen-bond donors (Lipinski definition) is 1. The molecule has 5 heteroatoms. The Labute approximate surface area is 126 Å². The van der Waals surface area contributed by atoms with Crippen LogP contribution < -0.4 is 0 Å². The van der Waals surface area contributed by atoms with Crippen molar-refractivity contribution in [3.63, 3.8) is 0 Å². The summed E-state index contributed by atoms with van der Waals surface area (Å²) in [5, 5.41) is 11.8. The molecule has 0 atom stereocenters. The lowest BCUT2D eigenvalue weighted by atomic mass is 10.1. The largest absolute Gasteiger partial charge is 0.502 e. The Balaban J connectivity index is 1.88. The van der Waals surface area contributed by atoms with Gasteiger partial charge in [0.05, 0.1) is 6.54 Å². The predicted octanol–water partition coefficient (Wildman–Crippen LogP) is 2.89. The maximum Gasteiger partial charge on any atom is 0.296 e. The van der Waals surface area contributed by atoms with Crippen molar-refractivity contribution in [2.45, 2.75) is 13.5 Å². The second kappa shape index (κ2) is 5.18. The molecule has 2 aromatic rings. The van der Waals surface area contributed by atoms with Crippen LogP contribution in [-0.4, -0.2) is 21.8 Å². The average Bonchev–Trinajstić information content (AvgIpc) is 3.05. The zero-order chi connectivity index (χ0) is 15.0. The molecule has 1 aliphatic rings. The van der Waals surface area contributed by atoms with Crippen LogP contribution in [0.15, 0.2) is 47.5 Å². The molecule has 0 unspecified atom stereocenters. The Hall–Kier alpha value is -2.40. The molecule has 0 aliphatic carbocycles. The molecule has 3 rings (SSSR count). The first-order valence-corrected chi connectivity index (χ1v) is 7.35. The highest BCUT2D eigenvalue weighted by atomic mass is 32.1. The van der Waals surface area contributed by atoms with Crippen molar-refractivity contribution in [2.24, 2.45) is 0 Å². The highest BCUT2D eigenvalue weighted by Gasteiger charge is 2.39. The van der Waals surface area contributed by atoms with E-state index in [2.05, 4.69) is 0 Å². The van der Waals surface area contributed by atoms with Crippen molar-refractivity contribution in [1.82, 2.24) is 4.90 Å². The van der Waals surface area contributed by atoms with Gasteiger partial charge < -0.3 is 5.11 Å². The molecule has 21 heavy (non-hydrogen) atoms. The van der Waals surface area contributed by atoms with E-state index < -0.39 is 17.6 Å². The second-order valence-electron chi connectivity index (χ2n) is 4.88. The van der Waals surface area contributed by atoms with Gasteiger partial charge in [0.25, 0.3) is 11.8 Å². The number of rotatable bonds is 3. The van der Waals surface area contributed by atoms with Crippen molar-refractivity contribution < 1.29 is 14.7 Å². The first kappa shape index (κ1) is 13.6. The topological polar surface area (TPSA) is 57.6 Å². The number of thiophene rings is 1. The van der Waals surface area contributed by atoms with Crippen LogP contribution in [0.5, 0.6) is 0 Å². The molecule has 1 N–H and O–H groups in total. The van der Waals surface area contributed by atoms with E-state index in [0.29, 0.717) is 4.88 Å². The zero-order valence-electron chi connectivity index (χ0n) is 11.4. The summed E-state index contributed by atoms with van der Waals surface area (Å²) in [6.07, 6.45) is 0. The van der Waals surface area contributed by atoms with E-state index in [1.807, 2.05) is 31.2 Å². The number of aliphatic hydroxyl groups excluding tert-OH is 1. The number of aliphatic hydroxyl groups is 1. The second-order valence-corrected chi connectivity index (χ2v) is 5.83. The highest BCUT2D eigenvalue weighted by molar-refractivity contribution is 7.11. The number of aryl methyl sites for hydroxylation is 1. The van der Waals surface area contributed by atoms with Gasteiger partial charge in [-0.25, -0.2) is 0 Å². The Bertz CT molecular complexity index is 729. The van der Waals surface area contributed by atoms with Crippen molar-refractivity contribution in [2.75, 3.05) is 0 Å². The van der Waals surface area contributed by atoms with Crippen LogP contribution in [0, 0.1) is 6.92 Å². The number of hydrogen-bond acceptors (Lipinski definition) is 4. The molecule has 0 radical (unpaired) electrons. The summed E-state index contributed by atoms with van der Waals surface area (Å²) in [5.74, 6) is -1.54. The van der Waals surface area contributed by atoms with E-state index in [1.165, 1.54) is 11.3 Å². The summed E-state index contributed by atoms with van der Waals surface area (Å²) in [6, 6.07) is 11.1. The van der Waals surface area contributed by atoms with E-state index in [9.17, 15) is 14.7 Å². The van der Waals surface area contributed by atoms with Gasteiger partial charge >= 0.3 is 0 Å². The Morgan fingerprint density at radius 1 is 1.10 bits per heavy atom. The Morgan fingerprint density at radius 3 is 2.43 bits per heavy atom.